The Morgan fingerprint density at radius 3 is 1.35 bits per heavy atom. The van der Waals surface area contributed by atoms with Gasteiger partial charge < -0.3 is 5.11 Å². The molecule has 6 nitrogen and oxygen atoms in total. The van der Waals surface area contributed by atoms with E-state index in [1.54, 1.807) is 9.47 Å². The van der Waals surface area contributed by atoms with E-state index in [4.69, 9.17) is 9.29 Å². The van der Waals surface area contributed by atoms with Crippen LogP contribution in [-0.2, 0) is 28.9 Å². The van der Waals surface area contributed by atoms with Crippen LogP contribution in [0.25, 0.3) is 0 Å². The van der Waals surface area contributed by atoms with Crippen LogP contribution in [0.15, 0.2) is 103 Å². The predicted molar refractivity (Wildman–Crippen MR) is 122 cm³/mol. The average Bonchev–Trinajstić information content (AvgIpc) is 2.79. The number of rotatable bonds is 7. The highest BCUT2D eigenvalue weighted by atomic mass is 32.3. The third kappa shape index (κ3) is 6.32. The highest BCUT2D eigenvalue weighted by molar-refractivity contribution is 7.84. The van der Waals surface area contributed by atoms with Gasteiger partial charge in [-0.1, -0.05) is 97.6 Å². The maximum Gasteiger partial charge on any atom is 0.403 e. The van der Waals surface area contributed by atoms with Crippen LogP contribution in [0, 0.1) is 0 Å². The van der Waals surface area contributed by atoms with Gasteiger partial charge in [-0.05, 0) is 23.6 Å². The molecule has 0 radical (unpaired) electrons. The maximum absolute atomic E-state index is 12.3. The third-order valence-electron chi connectivity index (χ3n) is 4.25. The summed E-state index contributed by atoms with van der Waals surface area (Å²) in [6.45, 7) is 4.60. The van der Waals surface area contributed by atoms with E-state index in [-0.39, 0.29) is 5.57 Å². The quantitative estimate of drug-likeness (QED) is 0.314. The van der Waals surface area contributed by atoms with Gasteiger partial charge in [0.05, 0.1) is 0 Å². The summed E-state index contributed by atoms with van der Waals surface area (Å²) in [5, 5.41) is 7.89. The third-order valence-corrected chi connectivity index (χ3v) is 5.65. The fourth-order valence-corrected chi connectivity index (χ4v) is 3.59. The van der Waals surface area contributed by atoms with Crippen molar-refractivity contribution in [3.8, 4) is 0 Å². The summed E-state index contributed by atoms with van der Waals surface area (Å²) in [4.78, 5) is 9.60. The Morgan fingerprint density at radius 1 is 0.839 bits per heavy atom. The maximum atomic E-state index is 12.3. The Bertz CT molecular complexity index is 992. The Kier molecular flexibility index (Phi) is 8.65. The molecule has 0 aliphatic rings. The lowest BCUT2D eigenvalue weighted by atomic mass is 9.80. The molecule has 0 amide bonds. The lowest BCUT2D eigenvalue weighted by Crippen LogP contribution is -2.35. The van der Waals surface area contributed by atoms with Crippen molar-refractivity contribution in [1.82, 2.24) is 0 Å². The second-order valence-corrected chi connectivity index (χ2v) is 8.21. The van der Waals surface area contributed by atoms with Crippen LogP contribution >= 0.6 is 9.47 Å². The first-order chi connectivity index (χ1) is 14.7. The predicted octanol–water partition coefficient (Wildman–Crippen LogP) is 4.69. The number of carbonyl (C=O) groups is 1. The molecule has 31 heavy (non-hydrogen) atoms. The Hall–Kier alpha value is -2.83. The van der Waals surface area contributed by atoms with Gasteiger partial charge in [0.15, 0.2) is 5.60 Å². The first-order valence-electron chi connectivity index (χ1n) is 9.12. The van der Waals surface area contributed by atoms with Crippen molar-refractivity contribution < 1.29 is 26.5 Å². The molecule has 3 aromatic carbocycles. The highest BCUT2D eigenvalue weighted by Gasteiger charge is 2.42. The molecule has 162 valence electrons. The Labute approximate surface area is 184 Å². The topological polar surface area (TPSA) is 89.9 Å². The number of carboxylic acid groups (broad SMARTS) is 1. The van der Waals surface area contributed by atoms with Crippen LogP contribution in [0.3, 0.4) is 0 Å². The molecule has 0 bridgehead atoms. The van der Waals surface area contributed by atoms with Crippen molar-refractivity contribution >= 4 is 25.8 Å². The molecule has 1 unspecified atom stereocenters. The second kappa shape index (κ2) is 11.0. The molecule has 0 aliphatic carbocycles. The van der Waals surface area contributed by atoms with Crippen LogP contribution in [0.2, 0.25) is 0 Å². The molecule has 0 saturated heterocycles. The SMILES string of the molecule is C=C(C)C(=O)O.O=S(=O)(OP)OC(c1ccccc1)(c1ccccc1)c1ccccc1. The lowest BCUT2D eigenvalue weighted by Gasteiger charge is -2.34. The number of aliphatic carboxylic acids is 1. The molecule has 3 rings (SSSR count). The first kappa shape index (κ1) is 24.4. The van der Waals surface area contributed by atoms with Gasteiger partial charge in [0.1, 0.15) is 0 Å². The zero-order chi connectivity index (χ0) is 22.9. The van der Waals surface area contributed by atoms with E-state index in [0.717, 1.165) is 0 Å². The fourth-order valence-electron chi connectivity index (χ4n) is 2.84. The Morgan fingerprint density at radius 2 is 1.13 bits per heavy atom. The molecular weight excluding hydrogens is 435 g/mol. The zero-order valence-corrected chi connectivity index (χ0v) is 18.8. The van der Waals surface area contributed by atoms with Crippen molar-refractivity contribution in [2.45, 2.75) is 12.5 Å². The average molecular weight is 458 g/mol. The van der Waals surface area contributed by atoms with Gasteiger partial charge in [0, 0.05) is 15.0 Å². The van der Waals surface area contributed by atoms with E-state index in [1.807, 2.05) is 91.0 Å². The molecule has 1 atom stereocenters. The summed E-state index contributed by atoms with van der Waals surface area (Å²) in [7, 11) is -2.53. The van der Waals surface area contributed by atoms with E-state index < -0.39 is 22.0 Å². The summed E-state index contributed by atoms with van der Waals surface area (Å²) in [5.74, 6) is -0.935. The molecule has 0 aliphatic heterocycles. The van der Waals surface area contributed by atoms with Crippen molar-refractivity contribution in [3.05, 3.63) is 120 Å². The molecule has 0 fully saturated rings. The second-order valence-electron chi connectivity index (χ2n) is 6.45. The minimum atomic E-state index is -4.26. The van der Waals surface area contributed by atoms with Crippen molar-refractivity contribution in [2.75, 3.05) is 0 Å². The highest BCUT2D eigenvalue weighted by Crippen LogP contribution is 2.42. The standard InChI is InChI=1S/C19H17O4PS.C4H6O2/c20-25(21,23-24)22-19(16-10-4-1-5-11-16,17-12-6-2-7-13-17)18-14-8-3-9-15-18;1-3(2)4(5)6/h1-15H,24H2;1H2,2H3,(H,5,6). The zero-order valence-electron chi connectivity index (χ0n) is 16.8. The lowest BCUT2D eigenvalue weighted by molar-refractivity contribution is -0.132. The molecule has 1 N–H and O–H groups in total. The summed E-state index contributed by atoms with van der Waals surface area (Å²) in [6, 6.07) is 27.6. The molecule has 0 saturated carbocycles. The van der Waals surface area contributed by atoms with Crippen molar-refractivity contribution in [2.24, 2.45) is 0 Å². The molecule has 8 heteroatoms. The molecule has 0 aromatic heterocycles. The van der Waals surface area contributed by atoms with Gasteiger partial charge in [-0.25, -0.2) is 12.9 Å². The first-order valence-corrected chi connectivity index (χ1v) is 10.9. The number of hydrogen-bond acceptors (Lipinski definition) is 5. The van der Waals surface area contributed by atoms with E-state index in [9.17, 15) is 13.2 Å². The summed E-state index contributed by atoms with van der Waals surface area (Å²) in [5.41, 5.74) is 0.850. The molecule has 3 aromatic rings. The number of carboxylic acids is 1. The fraction of sp³-hybridized carbons (Fsp3) is 0.0870. The Balaban J connectivity index is 0.000000501. The number of hydrogen-bond donors (Lipinski definition) is 1. The van der Waals surface area contributed by atoms with Crippen LogP contribution < -0.4 is 0 Å². The minimum Gasteiger partial charge on any atom is -0.478 e. The van der Waals surface area contributed by atoms with E-state index in [1.165, 1.54) is 6.92 Å². The minimum absolute atomic E-state index is 0.176. The normalized spacial score (nSPS) is 11.2. The van der Waals surface area contributed by atoms with Crippen molar-refractivity contribution in [3.63, 3.8) is 0 Å². The van der Waals surface area contributed by atoms with Crippen LogP contribution in [-0.4, -0.2) is 19.5 Å². The van der Waals surface area contributed by atoms with Crippen molar-refractivity contribution in [1.29, 1.82) is 0 Å². The monoisotopic (exact) mass is 458 g/mol. The molecule has 0 spiro atoms. The largest absolute Gasteiger partial charge is 0.478 e. The summed E-state index contributed by atoms with van der Waals surface area (Å²) in [6.07, 6.45) is 0. The van der Waals surface area contributed by atoms with Gasteiger partial charge in [-0.2, -0.15) is 8.42 Å². The van der Waals surface area contributed by atoms with Gasteiger partial charge in [-0.15, -0.1) is 0 Å². The van der Waals surface area contributed by atoms with Crippen LogP contribution in [0.1, 0.15) is 23.6 Å². The molecular formula is C23H23O6PS. The van der Waals surface area contributed by atoms with Gasteiger partial charge in [0.25, 0.3) is 0 Å². The van der Waals surface area contributed by atoms with E-state index in [2.05, 4.69) is 10.5 Å². The van der Waals surface area contributed by atoms with E-state index in [0.29, 0.717) is 16.7 Å². The van der Waals surface area contributed by atoms with E-state index >= 15 is 0 Å². The summed E-state index contributed by atoms with van der Waals surface area (Å²) < 4.78 is 34.7. The van der Waals surface area contributed by atoms with Gasteiger partial charge in [0.2, 0.25) is 0 Å². The summed E-state index contributed by atoms with van der Waals surface area (Å²) >= 11 is 0. The van der Waals surface area contributed by atoms with Crippen LogP contribution in [0.4, 0.5) is 0 Å². The number of benzene rings is 3. The smallest absolute Gasteiger partial charge is 0.403 e. The van der Waals surface area contributed by atoms with Crippen LogP contribution in [0.5, 0.6) is 0 Å². The molecule has 0 heterocycles. The van der Waals surface area contributed by atoms with Gasteiger partial charge in [-0.3, -0.25) is 0 Å². The van der Waals surface area contributed by atoms with Gasteiger partial charge >= 0.3 is 16.4 Å².